The van der Waals surface area contributed by atoms with Gasteiger partial charge in [0.25, 0.3) is 0 Å². The summed E-state index contributed by atoms with van der Waals surface area (Å²) in [6.45, 7) is 2.83. The Kier molecular flexibility index (Phi) is 4.71. The van der Waals surface area contributed by atoms with Crippen LogP contribution in [-0.4, -0.2) is 37.5 Å². The lowest BCUT2D eigenvalue weighted by molar-refractivity contribution is -0.163. The van der Waals surface area contributed by atoms with Crippen LogP contribution in [0.2, 0.25) is 0 Å². The molecule has 0 aliphatic carbocycles. The number of carbonyl (C=O) groups is 2. The Morgan fingerprint density at radius 3 is 2.67 bits per heavy atom. The van der Waals surface area contributed by atoms with Crippen LogP contribution in [0.5, 0.6) is 11.5 Å². The first-order chi connectivity index (χ1) is 11.5. The Morgan fingerprint density at radius 1 is 1.12 bits per heavy atom. The van der Waals surface area contributed by atoms with Gasteiger partial charge in [-0.3, -0.25) is 9.59 Å². The highest BCUT2D eigenvalue weighted by Crippen LogP contribution is 2.36. The van der Waals surface area contributed by atoms with Crippen LogP contribution in [0.4, 0.5) is 0 Å². The Hall–Kier alpha value is -2.54. The lowest BCUT2D eigenvalue weighted by Crippen LogP contribution is -2.39. The number of ether oxygens (including phenoxy) is 5. The van der Waals surface area contributed by atoms with Crippen LogP contribution in [0.25, 0.3) is 0 Å². The maximum atomic E-state index is 11.2. The zero-order valence-electron chi connectivity index (χ0n) is 13.4. The van der Waals surface area contributed by atoms with Gasteiger partial charge in [-0.1, -0.05) is 12.1 Å². The van der Waals surface area contributed by atoms with Gasteiger partial charge in [0.15, 0.2) is 11.5 Å². The van der Waals surface area contributed by atoms with E-state index in [0.29, 0.717) is 11.5 Å². The van der Waals surface area contributed by atoms with Crippen LogP contribution < -0.4 is 9.47 Å². The molecule has 3 atom stereocenters. The molecule has 0 unspecified atom stereocenters. The standard InChI is InChI=1S/C17H18O7/c1-10(18)20-8-17-15(23-11(2)19)6-5-13(24-17)12-3-4-14-16(7-12)22-9-21-14/h3-7,13,15,17H,8-9H2,1-2H3/t13-,15-,17+/m0/s1. The molecule has 0 spiro atoms. The molecule has 7 heteroatoms. The maximum absolute atomic E-state index is 11.2. The summed E-state index contributed by atoms with van der Waals surface area (Å²) in [6, 6.07) is 5.53. The van der Waals surface area contributed by atoms with E-state index in [1.54, 1.807) is 12.2 Å². The molecule has 2 heterocycles. The monoisotopic (exact) mass is 334 g/mol. The Balaban J connectivity index is 1.77. The van der Waals surface area contributed by atoms with Gasteiger partial charge in [0.1, 0.15) is 24.9 Å². The molecule has 2 aliphatic heterocycles. The van der Waals surface area contributed by atoms with Crippen molar-refractivity contribution in [2.24, 2.45) is 0 Å². The fourth-order valence-electron chi connectivity index (χ4n) is 2.57. The first-order valence-electron chi connectivity index (χ1n) is 7.57. The molecule has 0 bridgehead atoms. The fourth-order valence-corrected chi connectivity index (χ4v) is 2.57. The largest absolute Gasteiger partial charge is 0.463 e. The maximum Gasteiger partial charge on any atom is 0.303 e. The molecule has 0 amide bonds. The molecule has 0 aromatic heterocycles. The van der Waals surface area contributed by atoms with Gasteiger partial charge in [-0.25, -0.2) is 0 Å². The number of rotatable bonds is 4. The summed E-state index contributed by atoms with van der Waals surface area (Å²) in [5, 5.41) is 0. The number of carbonyl (C=O) groups excluding carboxylic acids is 2. The van der Waals surface area contributed by atoms with Crippen LogP contribution in [0.3, 0.4) is 0 Å². The average molecular weight is 334 g/mol. The summed E-state index contributed by atoms with van der Waals surface area (Å²) in [7, 11) is 0. The zero-order chi connectivity index (χ0) is 17.1. The predicted octanol–water partition coefficient (Wildman–Crippen LogP) is 1.91. The second-order valence-corrected chi connectivity index (χ2v) is 5.47. The minimum atomic E-state index is -0.605. The molecule has 0 N–H and O–H groups in total. The topological polar surface area (TPSA) is 80.3 Å². The third-order valence-corrected chi connectivity index (χ3v) is 3.64. The molecule has 3 rings (SSSR count). The van der Waals surface area contributed by atoms with Gasteiger partial charge in [0.05, 0.1) is 0 Å². The summed E-state index contributed by atoms with van der Waals surface area (Å²) >= 11 is 0. The van der Waals surface area contributed by atoms with E-state index in [0.717, 1.165) is 5.56 Å². The lowest BCUT2D eigenvalue weighted by Gasteiger charge is -2.31. The van der Waals surface area contributed by atoms with Crippen molar-refractivity contribution in [1.82, 2.24) is 0 Å². The zero-order valence-corrected chi connectivity index (χ0v) is 13.4. The molecule has 24 heavy (non-hydrogen) atoms. The number of hydrogen-bond donors (Lipinski definition) is 0. The lowest BCUT2D eigenvalue weighted by atomic mass is 10.0. The summed E-state index contributed by atoms with van der Waals surface area (Å²) < 4.78 is 26.8. The van der Waals surface area contributed by atoms with Crippen LogP contribution >= 0.6 is 0 Å². The quantitative estimate of drug-likeness (QED) is 0.614. The first kappa shape index (κ1) is 16.3. The fraction of sp³-hybridized carbons (Fsp3) is 0.412. The van der Waals surface area contributed by atoms with E-state index in [9.17, 15) is 9.59 Å². The van der Waals surface area contributed by atoms with Crippen molar-refractivity contribution < 1.29 is 33.3 Å². The van der Waals surface area contributed by atoms with Gasteiger partial charge < -0.3 is 23.7 Å². The second-order valence-electron chi connectivity index (χ2n) is 5.47. The number of fused-ring (bicyclic) bond motifs is 1. The van der Waals surface area contributed by atoms with Gasteiger partial charge in [-0.15, -0.1) is 0 Å². The Labute approximate surface area is 139 Å². The van der Waals surface area contributed by atoms with Gasteiger partial charge in [0, 0.05) is 13.8 Å². The van der Waals surface area contributed by atoms with Crippen LogP contribution in [0, 0.1) is 0 Å². The molecule has 0 radical (unpaired) electrons. The highest BCUT2D eigenvalue weighted by Gasteiger charge is 2.31. The van der Waals surface area contributed by atoms with Crippen molar-refractivity contribution in [2.75, 3.05) is 13.4 Å². The Bertz CT molecular complexity index is 667. The van der Waals surface area contributed by atoms with Crippen molar-refractivity contribution in [3.05, 3.63) is 35.9 Å². The summed E-state index contributed by atoms with van der Waals surface area (Å²) in [5.74, 6) is 0.493. The summed E-state index contributed by atoms with van der Waals surface area (Å²) in [6.07, 6.45) is 1.99. The third-order valence-electron chi connectivity index (χ3n) is 3.64. The van der Waals surface area contributed by atoms with E-state index in [1.807, 2.05) is 18.2 Å². The van der Waals surface area contributed by atoms with Gasteiger partial charge in [0.2, 0.25) is 6.79 Å². The van der Waals surface area contributed by atoms with E-state index in [-0.39, 0.29) is 19.5 Å². The van der Waals surface area contributed by atoms with Crippen LogP contribution in [0.1, 0.15) is 25.5 Å². The molecule has 0 fully saturated rings. The van der Waals surface area contributed by atoms with E-state index in [2.05, 4.69) is 0 Å². The van der Waals surface area contributed by atoms with E-state index in [4.69, 9.17) is 23.7 Å². The number of benzene rings is 1. The van der Waals surface area contributed by atoms with Crippen molar-refractivity contribution in [1.29, 1.82) is 0 Å². The SMILES string of the molecule is CC(=O)OC[C@H]1O[C@H](c2ccc3c(c2)OCO3)C=C[C@@H]1OC(C)=O. The second kappa shape index (κ2) is 6.92. The molecule has 1 aromatic carbocycles. The van der Waals surface area contributed by atoms with Gasteiger partial charge >= 0.3 is 11.9 Å². The van der Waals surface area contributed by atoms with Crippen molar-refractivity contribution in [3.63, 3.8) is 0 Å². The van der Waals surface area contributed by atoms with Crippen LogP contribution in [-0.2, 0) is 23.8 Å². The summed E-state index contributed by atoms with van der Waals surface area (Å²) in [4.78, 5) is 22.3. The third kappa shape index (κ3) is 3.68. The average Bonchev–Trinajstić information content (AvgIpc) is 3.00. The van der Waals surface area contributed by atoms with Crippen molar-refractivity contribution >= 4 is 11.9 Å². The first-order valence-corrected chi connectivity index (χ1v) is 7.57. The minimum absolute atomic E-state index is 0.00132. The Morgan fingerprint density at radius 2 is 1.92 bits per heavy atom. The molecule has 128 valence electrons. The molecule has 0 saturated carbocycles. The summed E-state index contributed by atoms with van der Waals surface area (Å²) in [5.41, 5.74) is 0.865. The smallest absolute Gasteiger partial charge is 0.303 e. The van der Waals surface area contributed by atoms with Crippen LogP contribution in [0.15, 0.2) is 30.4 Å². The molecule has 0 saturated heterocycles. The van der Waals surface area contributed by atoms with E-state index >= 15 is 0 Å². The molecule has 1 aromatic rings. The number of hydrogen-bond acceptors (Lipinski definition) is 7. The highest BCUT2D eigenvalue weighted by molar-refractivity contribution is 5.67. The molecule has 7 nitrogen and oxygen atoms in total. The highest BCUT2D eigenvalue weighted by atomic mass is 16.7. The van der Waals surface area contributed by atoms with Crippen molar-refractivity contribution in [2.45, 2.75) is 32.2 Å². The molecular formula is C17H18O7. The minimum Gasteiger partial charge on any atom is -0.463 e. The number of esters is 2. The van der Waals surface area contributed by atoms with E-state index in [1.165, 1.54) is 13.8 Å². The molecular weight excluding hydrogens is 316 g/mol. The molecule has 2 aliphatic rings. The van der Waals surface area contributed by atoms with E-state index < -0.39 is 24.1 Å². The van der Waals surface area contributed by atoms with Crippen molar-refractivity contribution in [3.8, 4) is 11.5 Å². The van der Waals surface area contributed by atoms with Gasteiger partial charge in [-0.2, -0.15) is 0 Å². The van der Waals surface area contributed by atoms with Gasteiger partial charge in [-0.05, 0) is 23.8 Å². The predicted molar refractivity (Wildman–Crippen MR) is 81.5 cm³/mol. The normalized spacial score (nSPS) is 24.5.